The van der Waals surface area contributed by atoms with Gasteiger partial charge in [0.05, 0.1) is 22.1 Å². The Kier molecular flexibility index (Phi) is 3.25. The van der Waals surface area contributed by atoms with E-state index in [2.05, 4.69) is 88.4 Å². The monoisotopic (exact) mass is 390 g/mol. The van der Waals surface area contributed by atoms with Crippen LogP contribution in [0.15, 0.2) is 48.7 Å². The van der Waals surface area contributed by atoms with E-state index in [1.807, 2.05) is 6.20 Å². The van der Waals surface area contributed by atoms with Gasteiger partial charge in [-0.25, -0.2) is 0 Å². The zero-order valence-electron chi connectivity index (χ0n) is 18.5. The van der Waals surface area contributed by atoms with E-state index in [4.69, 9.17) is 4.98 Å². The zero-order valence-corrected chi connectivity index (χ0v) is 18.5. The Labute approximate surface area is 176 Å². The average molecular weight is 391 g/mol. The lowest BCUT2D eigenvalue weighted by Crippen LogP contribution is -2.12. The Hall–Kier alpha value is -3.13. The van der Waals surface area contributed by atoms with Crippen molar-refractivity contribution in [1.29, 1.82) is 0 Å². The Morgan fingerprint density at radius 2 is 1.60 bits per heavy atom. The van der Waals surface area contributed by atoms with Crippen molar-refractivity contribution in [3.8, 4) is 0 Å². The second kappa shape index (κ2) is 5.51. The van der Waals surface area contributed by atoms with Crippen molar-refractivity contribution < 1.29 is 0 Å². The lowest BCUT2D eigenvalue weighted by Gasteiger charge is -2.23. The van der Waals surface area contributed by atoms with Crippen molar-refractivity contribution in [2.45, 2.75) is 47.0 Å². The van der Waals surface area contributed by atoms with E-state index in [9.17, 15) is 0 Å². The van der Waals surface area contributed by atoms with Crippen LogP contribution in [0.4, 0.5) is 0 Å². The van der Waals surface area contributed by atoms with E-state index in [1.165, 1.54) is 65.7 Å². The molecule has 3 aromatic carbocycles. The molecule has 0 fully saturated rings. The zero-order chi connectivity index (χ0) is 20.9. The Morgan fingerprint density at radius 3 is 2.37 bits per heavy atom. The number of hydrogen-bond donors (Lipinski definition) is 0. The first-order valence-electron chi connectivity index (χ1n) is 10.8. The SMILES string of the molecule is Cc1cc(C)c2c(c1)c1nccc3cc(C(C)(C)C)c4c5c(C)cccc5n2c4c31. The van der Waals surface area contributed by atoms with Gasteiger partial charge in [-0.3, -0.25) is 4.98 Å². The minimum Gasteiger partial charge on any atom is -0.308 e. The van der Waals surface area contributed by atoms with Crippen molar-refractivity contribution in [2.24, 2.45) is 0 Å². The molecule has 0 amide bonds. The number of nitrogens with zero attached hydrogens (tertiary/aromatic N) is 2. The Balaban J connectivity index is 2.13. The first kappa shape index (κ1) is 17.7. The number of aryl methyl sites for hydroxylation is 3. The van der Waals surface area contributed by atoms with Gasteiger partial charge in [-0.05, 0) is 72.5 Å². The van der Waals surface area contributed by atoms with Crippen molar-refractivity contribution in [3.05, 3.63) is 70.9 Å². The molecular weight excluding hydrogens is 364 g/mol. The highest BCUT2D eigenvalue weighted by Gasteiger charge is 2.27. The maximum atomic E-state index is 4.91. The van der Waals surface area contributed by atoms with Crippen molar-refractivity contribution in [3.63, 3.8) is 0 Å². The van der Waals surface area contributed by atoms with Crippen LogP contribution in [0.25, 0.3) is 49.0 Å². The Bertz CT molecular complexity index is 1640. The van der Waals surface area contributed by atoms with Gasteiger partial charge >= 0.3 is 0 Å². The smallest absolute Gasteiger partial charge is 0.0822 e. The van der Waals surface area contributed by atoms with Gasteiger partial charge in [-0.15, -0.1) is 0 Å². The van der Waals surface area contributed by atoms with Crippen LogP contribution in [0, 0.1) is 20.8 Å². The van der Waals surface area contributed by atoms with Crippen molar-refractivity contribution in [2.75, 3.05) is 0 Å². The van der Waals surface area contributed by atoms with Crippen LogP contribution in [-0.4, -0.2) is 9.38 Å². The molecule has 0 saturated carbocycles. The van der Waals surface area contributed by atoms with E-state index in [0.29, 0.717) is 0 Å². The highest BCUT2D eigenvalue weighted by Crippen LogP contribution is 2.46. The van der Waals surface area contributed by atoms with Gasteiger partial charge in [0.25, 0.3) is 0 Å². The summed E-state index contributed by atoms with van der Waals surface area (Å²) < 4.78 is 2.52. The molecule has 148 valence electrons. The molecule has 30 heavy (non-hydrogen) atoms. The molecule has 0 spiro atoms. The fourth-order valence-electron chi connectivity index (χ4n) is 5.55. The van der Waals surface area contributed by atoms with Gasteiger partial charge in [0.2, 0.25) is 0 Å². The van der Waals surface area contributed by atoms with Crippen LogP contribution in [0.5, 0.6) is 0 Å². The number of hydrogen-bond acceptors (Lipinski definition) is 1. The number of fused-ring (bicyclic) bond motifs is 6. The number of benzene rings is 3. The summed E-state index contributed by atoms with van der Waals surface area (Å²) in [7, 11) is 0. The van der Waals surface area contributed by atoms with E-state index in [-0.39, 0.29) is 5.41 Å². The molecule has 0 bridgehead atoms. The topological polar surface area (TPSA) is 17.3 Å². The molecule has 6 aromatic rings. The Morgan fingerprint density at radius 1 is 0.800 bits per heavy atom. The molecule has 3 aromatic heterocycles. The molecule has 2 heteroatoms. The molecule has 0 radical (unpaired) electrons. The molecule has 0 aliphatic carbocycles. The number of aromatic nitrogens is 2. The third kappa shape index (κ3) is 2.06. The summed E-state index contributed by atoms with van der Waals surface area (Å²) in [4.78, 5) is 4.91. The maximum Gasteiger partial charge on any atom is 0.0822 e. The summed E-state index contributed by atoms with van der Waals surface area (Å²) in [6, 6.07) is 15.9. The molecule has 0 aliphatic heterocycles. The molecule has 0 saturated heterocycles. The van der Waals surface area contributed by atoms with E-state index < -0.39 is 0 Å². The third-order valence-corrected chi connectivity index (χ3v) is 6.72. The standard InChI is InChI=1S/C28H26N2/c1-15-12-17(3)26-19(13-15)25-23-18(10-11-29-25)14-20(28(4,5)6)24-22-16(2)8-7-9-21(22)30(26)27(23)24/h7-14H,1-6H3. The fourth-order valence-corrected chi connectivity index (χ4v) is 5.55. The lowest BCUT2D eigenvalue weighted by molar-refractivity contribution is 0.597. The molecular formula is C28H26N2. The van der Waals surface area contributed by atoms with E-state index >= 15 is 0 Å². The second-order valence-corrected chi connectivity index (χ2v) is 9.94. The summed E-state index contributed by atoms with van der Waals surface area (Å²) in [6.07, 6.45) is 1.97. The van der Waals surface area contributed by atoms with Gasteiger partial charge in [0.15, 0.2) is 0 Å². The van der Waals surface area contributed by atoms with Crippen molar-refractivity contribution >= 4 is 49.0 Å². The first-order valence-corrected chi connectivity index (χ1v) is 10.8. The van der Waals surface area contributed by atoms with Crippen LogP contribution in [0.2, 0.25) is 0 Å². The molecule has 3 heterocycles. The fraction of sp³-hybridized carbons (Fsp3) is 0.250. The number of pyridine rings is 2. The van der Waals surface area contributed by atoms with Crippen molar-refractivity contribution in [1.82, 2.24) is 9.38 Å². The predicted octanol–water partition coefficient (Wildman–Crippen LogP) is 7.61. The summed E-state index contributed by atoms with van der Waals surface area (Å²) in [5, 5.41) is 6.58. The summed E-state index contributed by atoms with van der Waals surface area (Å²) in [5.74, 6) is 0. The molecule has 0 unspecified atom stereocenters. The maximum absolute atomic E-state index is 4.91. The molecule has 0 atom stereocenters. The van der Waals surface area contributed by atoms with Gasteiger partial charge in [0.1, 0.15) is 0 Å². The highest BCUT2D eigenvalue weighted by atomic mass is 14.9. The van der Waals surface area contributed by atoms with Crippen LogP contribution in [-0.2, 0) is 5.41 Å². The summed E-state index contributed by atoms with van der Waals surface area (Å²) >= 11 is 0. The summed E-state index contributed by atoms with van der Waals surface area (Å²) in [6.45, 7) is 13.6. The highest BCUT2D eigenvalue weighted by molar-refractivity contribution is 6.29. The largest absolute Gasteiger partial charge is 0.308 e. The van der Waals surface area contributed by atoms with Gasteiger partial charge in [0, 0.05) is 27.7 Å². The van der Waals surface area contributed by atoms with Crippen LogP contribution < -0.4 is 0 Å². The normalized spacial score (nSPS) is 13.0. The molecule has 2 nitrogen and oxygen atoms in total. The molecule has 0 N–H and O–H groups in total. The number of rotatable bonds is 0. The van der Waals surface area contributed by atoms with Gasteiger partial charge in [-0.2, -0.15) is 0 Å². The average Bonchev–Trinajstić information content (AvgIpc) is 3.02. The summed E-state index contributed by atoms with van der Waals surface area (Å²) in [5.41, 5.74) is 10.4. The minimum absolute atomic E-state index is 0.0433. The van der Waals surface area contributed by atoms with Gasteiger partial charge < -0.3 is 4.40 Å². The van der Waals surface area contributed by atoms with Gasteiger partial charge in [-0.1, -0.05) is 44.5 Å². The quantitative estimate of drug-likeness (QED) is 0.193. The predicted molar refractivity (Wildman–Crippen MR) is 129 cm³/mol. The van der Waals surface area contributed by atoms with E-state index in [1.54, 1.807) is 0 Å². The van der Waals surface area contributed by atoms with Crippen LogP contribution >= 0.6 is 0 Å². The first-order chi connectivity index (χ1) is 14.3. The lowest BCUT2D eigenvalue weighted by atomic mass is 9.82. The third-order valence-electron chi connectivity index (χ3n) is 6.72. The minimum atomic E-state index is 0.0433. The molecule has 0 aliphatic rings. The molecule has 6 rings (SSSR count). The van der Waals surface area contributed by atoms with E-state index in [0.717, 1.165) is 5.52 Å². The van der Waals surface area contributed by atoms with Crippen LogP contribution in [0.3, 0.4) is 0 Å². The van der Waals surface area contributed by atoms with Crippen LogP contribution in [0.1, 0.15) is 43.0 Å². The second-order valence-electron chi connectivity index (χ2n) is 9.94.